The van der Waals surface area contributed by atoms with Crippen molar-refractivity contribution in [3.8, 4) is 17.2 Å². The molecule has 2 atom stereocenters. The molecule has 34 heavy (non-hydrogen) atoms. The lowest BCUT2D eigenvalue weighted by Crippen LogP contribution is -2.49. The molecule has 184 valence electrons. The maximum absolute atomic E-state index is 13.0. The molecule has 2 aromatic carbocycles. The zero-order valence-corrected chi connectivity index (χ0v) is 20.2. The molecule has 3 rings (SSSR count). The number of piperidine rings is 1. The summed E-state index contributed by atoms with van der Waals surface area (Å²) in [5.74, 6) is -0.378. The minimum absolute atomic E-state index is 0.253. The molecule has 0 radical (unpaired) electrons. The number of rotatable bonds is 10. The van der Waals surface area contributed by atoms with Crippen molar-refractivity contribution < 1.29 is 33.3 Å². The Morgan fingerprint density at radius 2 is 1.68 bits per heavy atom. The molecule has 0 N–H and O–H groups in total. The summed E-state index contributed by atoms with van der Waals surface area (Å²) in [6, 6.07) is 13.3. The predicted octanol–water partition coefficient (Wildman–Crippen LogP) is 3.37. The van der Waals surface area contributed by atoms with Crippen LogP contribution in [0.3, 0.4) is 0 Å². The lowest BCUT2D eigenvalue weighted by Gasteiger charge is -2.36. The van der Waals surface area contributed by atoms with E-state index < -0.39 is 18.0 Å². The van der Waals surface area contributed by atoms with Crippen molar-refractivity contribution in [1.82, 2.24) is 4.90 Å². The summed E-state index contributed by atoms with van der Waals surface area (Å²) in [7, 11) is 4.45. The molecule has 0 aromatic heterocycles. The number of ether oxygens (including phenoxy) is 5. The van der Waals surface area contributed by atoms with Gasteiger partial charge in [0, 0.05) is 19.6 Å². The molecule has 0 bridgehead atoms. The highest BCUT2D eigenvalue weighted by molar-refractivity contribution is 5.91. The minimum atomic E-state index is -0.585. The van der Waals surface area contributed by atoms with Crippen LogP contribution in [0, 0.1) is 5.92 Å². The number of carbonyl (C=O) groups is 2. The lowest BCUT2D eigenvalue weighted by molar-refractivity contribution is -0.155. The van der Waals surface area contributed by atoms with Gasteiger partial charge >= 0.3 is 11.9 Å². The van der Waals surface area contributed by atoms with E-state index in [1.165, 1.54) is 39.0 Å². The molecule has 0 saturated carbocycles. The van der Waals surface area contributed by atoms with Gasteiger partial charge in [-0.3, -0.25) is 4.79 Å². The van der Waals surface area contributed by atoms with Gasteiger partial charge in [-0.25, -0.2) is 4.79 Å². The number of hydrogen-bond donors (Lipinski definition) is 0. The van der Waals surface area contributed by atoms with E-state index in [0.29, 0.717) is 30.2 Å². The number of hydrogen-bond acceptors (Lipinski definition) is 8. The summed E-state index contributed by atoms with van der Waals surface area (Å²) in [6.45, 7) is 4.04. The molecule has 0 amide bonds. The van der Waals surface area contributed by atoms with E-state index in [2.05, 4.69) is 17.0 Å². The summed E-state index contributed by atoms with van der Waals surface area (Å²) in [6.07, 6.45) is 0.833. The van der Waals surface area contributed by atoms with Crippen molar-refractivity contribution in [3.63, 3.8) is 0 Å². The van der Waals surface area contributed by atoms with Crippen LogP contribution in [0.25, 0.3) is 0 Å². The quantitative estimate of drug-likeness (QED) is 0.488. The van der Waals surface area contributed by atoms with Crippen LogP contribution in [0.2, 0.25) is 0 Å². The third-order valence-corrected chi connectivity index (χ3v) is 5.94. The molecule has 1 saturated heterocycles. The number of esters is 2. The number of benzene rings is 2. The first-order valence-electron chi connectivity index (χ1n) is 11.4. The number of likely N-dealkylation sites (tertiary alicyclic amines) is 1. The Bertz CT molecular complexity index is 938. The van der Waals surface area contributed by atoms with Gasteiger partial charge in [0.25, 0.3) is 0 Å². The van der Waals surface area contributed by atoms with Gasteiger partial charge in [-0.1, -0.05) is 30.3 Å². The molecular weight excluding hydrogens is 438 g/mol. The second-order valence-electron chi connectivity index (χ2n) is 8.04. The highest BCUT2D eigenvalue weighted by Gasteiger charge is 2.38. The molecule has 2 aromatic rings. The SMILES string of the molecule is CCOC(=O)C1CN(CCc2ccccc2)CCC1OC(=O)c1cc(OC)c(OC)c(OC)c1. The Morgan fingerprint density at radius 1 is 1.00 bits per heavy atom. The zero-order chi connectivity index (χ0) is 24.5. The Balaban J connectivity index is 1.72. The molecule has 1 heterocycles. The maximum atomic E-state index is 13.0. The van der Waals surface area contributed by atoms with E-state index in [-0.39, 0.29) is 18.1 Å². The first-order valence-corrected chi connectivity index (χ1v) is 11.4. The van der Waals surface area contributed by atoms with Crippen molar-refractivity contribution in [2.45, 2.75) is 25.9 Å². The number of carbonyl (C=O) groups excluding carboxylic acids is 2. The summed E-state index contributed by atoms with van der Waals surface area (Å²) in [5, 5.41) is 0. The fourth-order valence-corrected chi connectivity index (χ4v) is 4.15. The van der Waals surface area contributed by atoms with Gasteiger partial charge in [0.1, 0.15) is 12.0 Å². The van der Waals surface area contributed by atoms with Crippen molar-refractivity contribution in [1.29, 1.82) is 0 Å². The number of methoxy groups -OCH3 is 3. The zero-order valence-electron chi connectivity index (χ0n) is 20.2. The molecule has 0 spiro atoms. The molecule has 2 unspecified atom stereocenters. The Morgan fingerprint density at radius 3 is 2.26 bits per heavy atom. The van der Waals surface area contributed by atoms with Crippen LogP contribution in [0.1, 0.15) is 29.3 Å². The van der Waals surface area contributed by atoms with Crippen molar-refractivity contribution in [3.05, 3.63) is 53.6 Å². The van der Waals surface area contributed by atoms with Crippen molar-refractivity contribution >= 4 is 11.9 Å². The molecule has 8 nitrogen and oxygen atoms in total. The largest absolute Gasteiger partial charge is 0.493 e. The summed E-state index contributed by atoms with van der Waals surface area (Å²) in [4.78, 5) is 28.0. The fourth-order valence-electron chi connectivity index (χ4n) is 4.15. The molecular formula is C26H33NO7. The molecule has 0 aliphatic carbocycles. The van der Waals surface area contributed by atoms with Gasteiger partial charge in [0.15, 0.2) is 11.5 Å². The van der Waals surface area contributed by atoms with E-state index in [4.69, 9.17) is 23.7 Å². The Kier molecular flexibility index (Phi) is 9.16. The van der Waals surface area contributed by atoms with Crippen molar-refractivity contribution in [2.24, 2.45) is 5.92 Å². The van der Waals surface area contributed by atoms with E-state index in [1.807, 2.05) is 18.2 Å². The lowest BCUT2D eigenvalue weighted by atomic mass is 9.94. The topological polar surface area (TPSA) is 83.5 Å². The smallest absolute Gasteiger partial charge is 0.338 e. The second kappa shape index (κ2) is 12.3. The molecule has 1 aliphatic heterocycles. The standard InChI is InChI=1S/C26H33NO7/c1-5-33-26(29)20-17-27(13-11-18-9-7-6-8-10-18)14-12-21(20)34-25(28)19-15-22(30-2)24(32-4)23(16-19)31-3/h6-10,15-16,20-21H,5,11-14,17H2,1-4H3. The highest BCUT2D eigenvalue weighted by Crippen LogP contribution is 2.38. The fraction of sp³-hybridized carbons (Fsp3) is 0.462. The average molecular weight is 472 g/mol. The first-order chi connectivity index (χ1) is 16.5. The van der Waals surface area contributed by atoms with E-state index in [9.17, 15) is 9.59 Å². The van der Waals surface area contributed by atoms with Crippen LogP contribution < -0.4 is 14.2 Å². The molecule has 1 aliphatic rings. The maximum Gasteiger partial charge on any atom is 0.338 e. The number of nitrogens with zero attached hydrogens (tertiary/aromatic N) is 1. The van der Waals surface area contributed by atoms with Crippen LogP contribution in [0.5, 0.6) is 17.2 Å². The third-order valence-electron chi connectivity index (χ3n) is 5.94. The summed E-state index contributed by atoms with van der Waals surface area (Å²) >= 11 is 0. The van der Waals surface area contributed by atoms with Crippen LogP contribution in [-0.4, -0.2) is 70.5 Å². The first kappa shape index (κ1) is 25.4. The minimum Gasteiger partial charge on any atom is -0.493 e. The normalized spacial score (nSPS) is 18.1. The van der Waals surface area contributed by atoms with Gasteiger partial charge in [0.2, 0.25) is 5.75 Å². The van der Waals surface area contributed by atoms with Crippen LogP contribution in [0.4, 0.5) is 0 Å². The van der Waals surface area contributed by atoms with Gasteiger partial charge in [-0.2, -0.15) is 0 Å². The second-order valence-corrected chi connectivity index (χ2v) is 8.04. The third kappa shape index (κ3) is 6.20. The molecule has 8 heteroatoms. The predicted molar refractivity (Wildman–Crippen MR) is 127 cm³/mol. The van der Waals surface area contributed by atoms with Crippen LogP contribution in [0.15, 0.2) is 42.5 Å². The van der Waals surface area contributed by atoms with Gasteiger partial charge in [0.05, 0.1) is 33.5 Å². The van der Waals surface area contributed by atoms with Gasteiger partial charge < -0.3 is 28.6 Å². The van der Waals surface area contributed by atoms with E-state index in [1.54, 1.807) is 6.92 Å². The van der Waals surface area contributed by atoms with Crippen LogP contribution in [-0.2, 0) is 20.7 Å². The summed E-state index contributed by atoms with van der Waals surface area (Å²) < 4.78 is 27.1. The van der Waals surface area contributed by atoms with Gasteiger partial charge in [-0.15, -0.1) is 0 Å². The monoisotopic (exact) mass is 471 g/mol. The van der Waals surface area contributed by atoms with E-state index in [0.717, 1.165) is 19.5 Å². The van der Waals surface area contributed by atoms with E-state index >= 15 is 0 Å². The van der Waals surface area contributed by atoms with Gasteiger partial charge in [-0.05, 0) is 37.5 Å². The van der Waals surface area contributed by atoms with Crippen LogP contribution >= 0.6 is 0 Å². The average Bonchev–Trinajstić information content (AvgIpc) is 2.87. The Labute approximate surface area is 200 Å². The highest BCUT2D eigenvalue weighted by atomic mass is 16.6. The molecule has 1 fully saturated rings. The Hall–Kier alpha value is -3.26. The summed E-state index contributed by atoms with van der Waals surface area (Å²) in [5.41, 5.74) is 1.50. The van der Waals surface area contributed by atoms with Crippen molar-refractivity contribution in [2.75, 3.05) is 47.6 Å².